The van der Waals surface area contributed by atoms with E-state index < -0.39 is 0 Å². The third-order valence-corrected chi connectivity index (χ3v) is 6.12. The van der Waals surface area contributed by atoms with E-state index in [-0.39, 0.29) is 11.9 Å². The van der Waals surface area contributed by atoms with E-state index in [9.17, 15) is 4.79 Å². The Labute approximate surface area is 159 Å². The minimum atomic E-state index is -0.0481. The number of methoxy groups -OCH3 is 1. The number of ether oxygens (including phenoxy) is 1. The summed E-state index contributed by atoms with van der Waals surface area (Å²) in [5.41, 5.74) is 2.19. The van der Waals surface area contributed by atoms with Gasteiger partial charge in [-0.1, -0.05) is 0 Å². The van der Waals surface area contributed by atoms with Crippen molar-refractivity contribution in [1.29, 1.82) is 0 Å². The van der Waals surface area contributed by atoms with Crippen molar-refractivity contribution >= 4 is 16.9 Å². The Balaban J connectivity index is 1.33. The van der Waals surface area contributed by atoms with Gasteiger partial charge < -0.3 is 25.3 Å². The summed E-state index contributed by atoms with van der Waals surface area (Å²) < 4.78 is 5.25. The van der Waals surface area contributed by atoms with Gasteiger partial charge in [-0.25, -0.2) is 4.98 Å². The number of carbonyl (C=O) groups is 1. The van der Waals surface area contributed by atoms with Crippen LogP contribution in [0.4, 0.5) is 0 Å². The third-order valence-electron chi connectivity index (χ3n) is 6.12. The molecule has 1 aromatic carbocycles. The molecule has 3 N–H and O–H groups in total. The van der Waals surface area contributed by atoms with E-state index in [1.165, 1.54) is 0 Å². The molecule has 3 heterocycles. The number of rotatable bonds is 5. The molecule has 2 aromatic rings. The van der Waals surface area contributed by atoms with Gasteiger partial charge in [0.25, 0.3) is 0 Å². The Morgan fingerprint density at radius 1 is 1.37 bits per heavy atom. The molecule has 1 amide bonds. The summed E-state index contributed by atoms with van der Waals surface area (Å²) >= 11 is 0. The van der Waals surface area contributed by atoms with Crippen LogP contribution in [0, 0.1) is 5.41 Å². The highest BCUT2D eigenvalue weighted by atomic mass is 16.5. The standard InChI is InChI=1S/C20H29N5O2/c1-25(19(26)17-12-20(13-22-17)6-8-21-9-7-20)10-5-18-23-15-4-3-14(27-2)11-16(15)24-18/h3-4,11,17,21-22H,5-10,12-13H2,1-2H3,(H,23,24)/t17-/m1/s1. The van der Waals surface area contributed by atoms with Gasteiger partial charge in [0.05, 0.1) is 24.2 Å². The molecule has 2 aliphatic heterocycles. The monoisotopic (exact) mass is 371 g/mol. The molecule has 0 saturated carbocycles. The van der Waals surface area contributed by atoms with Gasteiger partial charge in [0.15, 0.2) is 0 Å². The average Bonchev–Trinajstić information content (AvgIpc) is 3.29. The fourth-order valence-corrected chi connectivity index (χ4v) is 4.37. The number of amides is 1. The fraction of sp³-hybridized carbons (Fsp3) is 0.600. The molecule has 146 valence electrons. The first-order valence-corrected chi connectivity index (χ1v) is 9.80. The minimum Gasteiger partial charge on any atom is -0.497 e. The van der Waals surface area contributed by atoms with E-state index in [4.69, 9.17) is 4.74 Å². The van der Waals surface area contributed by atoms with E-state index in [2.05, 4.69) is 20.6 Å². The first-order chi connectivity index (χ1) is 13.1. The van der Waals surface area contributed by atoms with Crippen LogP contribution in [0.15, 0.2) is 18.2 Å². The van der Waals surface area contributed by atoms with Crippen LogP contribution in [0.2, 0.25) is 0 Å². The number of benzene rings is 1. The highest BCUT2D eigenvalue weighted by Gasteiger charge is 2.42. The first-order valence-electron chi connectivity index (χ1n) is 9.80. The highest BCUT2D eigenvalue weighted by Crippen LogP contribution is 2.37. The predicted molar refractivity (Wildman–Crippen MR) is 105 cm³/mol. The molecule has 1 atom stereocenters. The number of aromatic nitrogens is 2. The molecule has 0 unspecified atom stereocenters. The van der Waals surface area contributed by atoms with Gasteiger partial charge in [-0.3, -0.25) is 4.79 Å². The molecule has 2 fully saturated rings. The SMILES string of the molecule is COc1ccc2nc(CCN(C)C(=O)[C@H]3CC4(CCNCC4)CN3)[nH]c2c1. The van der Waals surface area contributed by atoms with Crippen LogP contribution in [0.3, 0.4) is 0 Å². The van der Waals surface area contributed by atoms with Crippen molar-refractivity contribution in [2.24, 2.45) is 5.41 Å². The average molecular weight is 371 g/mol. The molecular weight excluding hydrogens is 342 g/mol. The van der Waals surface area contributed by atoms with E-state index >= 15 is 0 Å². The lowest BCUT2D eigenvalue weighted by Gasteiger charge is -2.33. The van der Waals surface area contributed by atoms with Gasteiger partial charge in [-0.15, -0.1) is 0 Å². The summed E-state index contributed by atoms with van der Waals surface area (Å²) in [6.07, 6.45) is 4.00. The fourth-order valence-electron chi connectivity index (χ4n) is 4.37. The normalized spacial score (nSPS) is 21.6. The maximum absolute atomic E-state index is 12.8. The number of likely N-dealkylation sites (N-methyl/N-ethyl adjacent to an activating group) is 1. The van der Waals surface area contributed by atoms with Crippen molar-refractivity contribution in [1.82, 2.24) is 25.5 Å². The molecule has 0 bridgehead atoms. The molecule has 2 aliphatic rings. The molecule has 0 radical (unpaired) electrons. The number of nitrogens with one attached hydrogen (secondary N) is 3. The minimum absolute atomic E-state index is 0.0481. The van der Waals surface area contributed by atoms with E-state index in [0.717, 1.165) is 61.5 Å². The van der Waals surface area contributed by atoms with Gasteiger partial charge in [-0.2, -0.15) is 0 Å². The number of aromatic amines is 1. The molecule has 7 nitrogen and oxygen atoms in total. The maximum atomic E-state index is 12.8. The number of hydrogen-bond acceptors (Lipinski definition) is 5. The number of piperidine rings is 1. The quantitative estimate of drug-likeness (QED) is 0.738. The zero-order valence-electron chi connectivity index (χ0n) is 16.2. The zero-order valence-corrected chi connectivity index (χ0v) is 16.2. The van der Waals surface area contributed by atoms with Crippen LogP contribution in [0.1, 0.15) is 25.1 Å². The smallest absolute Gasteiger partial charge is 0.239 e. The van der Waals surface area contributed by atoms with Crippen molar-refractivity contribution in [3.05, 3.63) is 24.0 Å². The van der Waals surface area contributed by atoms with Crippen LogP contribution >= 0.6 is 0 Å². The Morgan fingerprint density at radius 3 is 2.96 bits per heavy atom. The van der Waals surface area contributed by atoms with Crippen LogP contribution in [-0.2, 0) is 11.2 Å². The van der Waals surface area contributed by atoms with Crippen molar-refractivity contribution in [3.8, 4) is 5.75 Å². The summed E-state index contributed by atoms with van der Waals surface area (Å²) in [6.45, 7) is 3.75. The Morgan fingerprint density at radius 2 is 2.19 bits per heavy atom. The van der Waals surface area contributed by atoms with Crippen molar-refractivity contribution < 1.29 is 9.53 Å². The Hall–Kier alpha value is -2.12. The number of imidazole rings is 1. The van der Waals surface area contributed by atoms with E-state index in [1.54, 1.807) is 7.11 Å². The summed E-state index contributed by atoms with van der Waals surface area (Å²) in [5.74, 6) is 1.90. The molecule has 7 heteroatoms. The molecule has 1 aromatic heterocycles. The topological polar surface area (TPSA) is 82.3 Å². The van der Waals surface area contributed by atoms with Crippen molar-refractivity contribution in [2.45, 2.75) is 31.7 Å². The maximum Gasteiger partial charge on any atom is 0.239 e. The predicted octanol–water partition coefficient (Wildman–Crippen LogP) is 1.30. The van der Waals surface area contributed by atoms with Gasteiger partial charge in [0, 0.05) is 32.6 Å². The van der Waals surface area contributed by atoms with Crippen LogP contribution in [0.25, 0.3) is 11.0 Å². The van der Waals surface area contributed by atoms with Crippen LogP contribution in [0.5, 0.6) is 5.75 Å². The van der Waals surface area contributed by atoms with Crippen LogP contribution < -0.4 is 15.4 Å². The lowest BCUT2D eigenvalue weighted by atomic mass is 9.77. The summed E-state index contributed by atoms with van der Waals surface area (Å²) in [7, 11) is 3.55. The van der Waals surface area contributed by atoms with Crippen molar-refractivity contribution in [2.75, 3.05) is 40.3 Å². The second kappa shape index (κ2) is 7.48. The molecule has 4 rings (SSSR count). The molecule has 0 aliphatic carbocycles. The van der Waals surface area contributed by atoms with Crippen molar-refractivity contribution in [3.63, 3.8) is 0 Å². The second-order valence-electron chi connectivity index (χ2n) is 7.96. The second-order valence-corrected chi connectivity index (χ2v) is 7.96. The van der Waals surface area contributed by atoms with E-state index in [0.29, 0.717) is 18.4 Å². The highest BCUT2D eigenvalue weighted by molar-refractivity contribution is 5.82. The van der Waals surface area contributed by atoms with Gasteiger partial charge in [-0.05, 0) is 49.9 Å². The lowest BCUT2D eigenvalue weighted by molar-refractivity contribution is -0.131. The van der Waals surface area contributed by atoms with Crippen LogP contribution in [-0.4, -0.2) is 67.2 Å². The summed E-state index contributed by atoms with van der Waals surface area (Å²) in [5, 5.41) is 6.89. The van der Waals surface area contributed by atoms with Gasteiger partial charge >= 0.3 is 0 Å². The number of fused-ring (bicyclic) bond motifs is 1. The molecule has 1 spiro atoms. The number of nitrogens with zero attached hydrogens (tertiary/aromatic N) is 2. The lowest BCUT2D eigenvalue weighted by Crippen LogP contribution is -2.42. The molecule has 2 saturated heterocycles. The third kappa shape index (κ3) is 3.80. The molecule has 27 heavy (non-hydrogen) atoms. The summed E-state index contributed by atoms with van der Waals surface area (Å²) in [6, 6.07) is 5.75. The number of carbonyl (C=O) groups excluding carboxylic acids is 1. The van der Waals surface area contributed by atoms with Gasteiger partial charge in [0.1, 0.15) is 11.6 Å². The number of H-pyrrole nitrogens is 1. The first kappa shape index (κ1) is 18.3. The van der Waals surface area contributed by atoms with E-state index in [1.807, 2.05) is 30.1 Å². The Kier molecular flexibility index (Phi) is 5.06. The Bertz CT molecular complexity index is 812. The zero-order chi connectivity index (χ0) is 18.9. The summed E-state index contributed by atoms with van der Waals surface area (Å²) in [4.78, 5) is 22.6. The number of hydrogen-bond donors (Lipinski definition) is 3. The largest absolute Gasteiger partial charge is 0.497 e. The molecular formula is C20H29N5O2. The van der Waals surface area contributed by atoms with Gasteiger partial charge in [0.2, 0.25) is 5.91 Å².